The third-order valence-electron chi connectivity index (χ3n) is 1.55. The first-order valence-electron chi connectivity index (χ1n) is 3.33. The van der Waals surface area contributed by atoms with E-state index < -0.39 is 13.0 Å². The van der Waals surface area contributed by atoms with E-state index in [1.807, 2.05) is 0 Å². The van der Waals surface area contributed by atoms with Crippen LogP contribution in [0.25, 0.3) is 0 Å². The second-order valence-corrected chi connectivity index (χ2v) is 3.28. The van der Waals surface area contributed by atoms with E-state index in [0.717, 1.165) is 4.90 Å². The second-order valence-electron chi connectivity index (χ2n) is 2.55. The Balaban J connectivity index is 2.41. The summed E-state index contributed by atoms with van der Waals surface area (Å²) in [5, 5.41) is -0.0683. The van der Waals surface area contributed by atoms with Crippen LogP contribution >= 0.6 is 12.6 Å². The van der Waals surface area contributed by atoms with Crippen LogP contribution in [0.5, 0.6) is 0 Å². The molecule has 0 aromatic heterocycles. The fourth-order valence-electron chi connectivity index (χ4n) is 1.09. The van der Waals surface area contributed by atoms with Crippen molar-refractivity contribution < 1.29 is 13.6 Å². The van der Waals surface area contributed by atoms with Crippen LogP contribution in [0.4, 0.5) is 8.78 Å². The Morgan fingerprint density at radius 3 is 2.73 bits per heavy atom. The quantitative estimate of drug-likeness (QED) is 0.624. The van der Waals surface area contributed by atoms with E-state index in [0.29, 0.717) is 6.54 Å². The Labute approximate surface area is 69.0 Å². The van der Waals surface area contributed by atoms with E-state index in [1.165, 1.54) is 0 Å². The summed E-state index contributed by atoms with van der Waals surface area (Å²) in [5.74, 6) is -0.217. The maximum atomic E-state index is 11.8. The normalized spacial score (nSPS) is 25.3. The molecule has 1 aliphatic rings. The fraction of sp³-hybridized carbons (Fsp3) is 0.833. The van der Waals surface area contributed by atoms with E-state index in [4.69, 9.17) is 0 Å². The number of amides is 1. The van der Waals surface area contributed by atoms with Crippen molar-refractivity contribution in [2.75, 3.05) is 13.1 Å². The first-order valence-corrected chi connectivity index (χ1v) is 3.85. The molecule has 0 radical (unpaired) electrons. The maximum absolute atomic E-state index is 11.8. The molecule has 0 bridgehead atoms. The predicted octanol–water partition coefficient (Wildman–Crippen LogP) is 0.782. The minimum atomic E-state index is -2.43. The van der Waals surface area contributed by atoms with Crippen molar-refractivity contribution in [3.8, 4) is 0 Å². The lowest BCUT2D eigenvalue weighted by atomic mass is 10.4. The molecule has 0 N–H and O–H groups in total. The monoisotopic (exact) mass is 181 g/mol. The summed E-state index contributed by atoms with van der Waals surface area (Å²) in [6, 6.07) is 0. The molecule has 1 heterocycles. The first kappa shape index (κ1) is 8.77. The van der Waals surface area contributed by atoms with Crippen LogP contribution in [0.3, 0.4) is 0 Å². The van der Waals surface area contributed by atoms with Crippen molar-refractivity contribution in [2.24, 2.45) is 0 Å². The van der Waals surface area contributed by atoms with Gasteiger partial charge in [0, 0.05) is 18.2 Å². The van der Waals surface area contributed by atoms with Gasteiger partial charge in [-0.25, -0.2) is 8.78 Å². The number of rotatable bonds is 2. The van der Waals surface area contributed by atoms with Gasteiger partial charge in [0.05, 0.1) is 6.54 Å². The van der Waals surface area contributed by atoms with E-state index in [1.54, 1.807) is 0 Å². The molecule has 1 atom stereocenters. The number of carbonyl (C=O) groups excluding carboxylic acids is 1. The summed E-state index contributed by atoms with van der Waals surface area (Å²) in [7, 11) is 0. The zero-order valence-corrected chi connectivity index (χ0v) is 6.73. The SMILES string of the molecule is O=C1CC(S)CN1CC(F)F. The molecule has 0 aliphatic carbocycles. The van der Waals surface area contributed by atoms with Gasteiger partial charge in [0.1, 0.15) is 0 Å². The Morgan fingerprint density at radius 1 is 1.73 bits per heavy atom. The smallest absolute Gasteiger partial charge is 0.255 e. The molecule has 0 aromatic carbocycles. The van der Waals surface area contributed by atoms with Crippen LogP contribution in [0, 0.1) is 0 Å². The standard InChI is InChI=1S/C6H9F2NOS/c7-5(8)3-9-2-4(11)1-6(9)10/h4-5,11H,1-3H2. The number of thiol groups is 1. The molecule has 1 fully saturated rings. The van der Waals surface area contributed by atoms with Gasteiger partial charge in [0.15, 0.2) is 0 Å². The van der Waals surface area contributed by atoms with Gasteiger partial charge in [0.25, 0.3) is 6.43 Å². The Morgan fingerprint density at radius 2 is 2.36 bits per heavy atom. The largest absolute Gasteiger partial charge is 0.336 e. The molecular formula is C6H9F2NOS. The summed E-state index contributed by atoms with van der Waals surface area (Å²) < 4.78 is 23.5. The fourth-order valence-corrected chi connectivity index (χ4v) is 1.45. The van der Waals surface area contributed by atoms with Crippen LogP contribution in [-0.2, 0) is 4.79 Å². The van der Waals surface area contributed by atoms with E-state index in [2.05, 4.69) is 12.6 Å². The van der Waals surface area contributed by atoms with Crippen molar-refractivity contribution in [1.82, 2.24) is 4.90 Å². The zero-order chi connectivity index (χ0) is 8.43. The number of likely N-dealkylation sites (tertiary alicyclic amines) is 1. The minimum absolute atomic E-state index is 0.0683. The Hall–Kier alpha value is -0.320. The van der Waals surface area contributed by atoms with Crippen molar-refractivity contribution in [3.05, 3.63) is 0 Å². The molecule has 1 aliphatic heterocycles. The average molecular weight is 181 g/mol. The van der Waals surface area contributed by atoms with Gasteiger partial charge in [-0.2, -0.15) is 12.6 Å². The molecule has 5 heteroatoms. The molecule has 1 rings (SSSR count). The third-order valence-corrected chi connectivity index (χ3v) is 1.90. The topological polar surface area (TPSA) is 20.3 Å². The Kier molecular flexibility index (Phi) is 2.70. The summed E-state index contributed by atoms with van der Waals surface area (Å²) in [6.07, 6.45) is -2.15. The lowest BCUT2D eigenvalue weighted by Gasteiger charge is -2.14. The van der Waals surface area contributed by atoms with Gasteiger partial charge in [0.2, 0.25) is 5.91 Å². The lowest BCUT2D eigenvalue weighted by molar-refractivity contribution is -0.129. The summed E-state index contributed by atoms with van der Waals surface area (Å²) in [5.41, 5.74) is 0. The van der Waals surface area contributed by atoms with Crippen molar-refractivity contribution in [1.29, 1.82) is 0 Å². The number of hydrogen-bond acceptors (Lipinski definition) is 2. The highest BCUT2D eigenvalue weighted by atomic mass is 32.1. The predicted molar refractivity (Wildman–Crippen MR) is 40.0 cm³/mol. The molecule has 0 spiro atoms. The third kappa shape index (κ3) is 2.32. The number of halogens is 2. The molecule has 64 valence electrons. The highest BCUT2D eigenvalue weighted by molar-refractivity contribution is 7.81. The zero-order valence-electron chi connectivity index (χ0n) is 5.83. The minimum Gasteiger partial charge on any atom is -0.336 e. The van der Waals surface area contributed by atoms with Gasteiger partial charge in [-0.05, 0) is 0 Å². The van der Waals surface area contributed by atoms with Crippen LogP contribution in [0.2, 0.25) is 0 Å². The Bertz CT molecular complexity index is 165. The molecule has 1 unspecified atom stereocenters. The van der Waals surface area contributed by atoms with Crippen molar-refractivity contribution in [3.63, 3.8) is 0 Å². The lowest BCUT2D eigenvalue weighted by Crippen LogP contribution is -2.30. The van der Waals surface area contributed by atoms with Gasteiger partial charge in [-0.1, -0.05) is 0 Å². The second kappa shape index (κ2) is 3.38. The molecule has 2 nitrogen and oxygen atoms in total. The molecule has 1 amide bonds. The summed E-state index contributed by atoms with van der Waals surface area (Å²) in [4.78, 5) is 12.0. The average Bonchev–Trinajstić information content (AvgIpc) is 2.09. The van der Waals surface area contributed by atoms with Gasteiger partial charge in [-0.15, -0.1) is 0 Å². The van der Waals surface area contributed by atoms with Crippen LogP contribution in [0.15, 0.2) is 0 Å². The van der Waals surface area contributed by atoms with E-state index in [-0.39, 0.29) is 17.6 Å². The van der Waals surface area contributed by atoms with Crippen LogP contribution in [-0.4, -0.2) is 35.6 Å². The van der Waals surface area contributed by atoms with Crippen molar-refractivity contribution >= 4 is 18.5 Å². The van der Waals surface area contributed by atoms with Crippen molar-refractivity contribution in [2.45, 2.75) is 18.1 Å². The number of alkyl halides is 2. The summed E-state index contributed by atoms with van der Waals surface area (Å²) >= 11 is 4.03. The molecular weight excluding hydrogens is 172 g/mol. The van der Waals surface area contributed by atoms with Gasteiger partial charge in [-0.3, -0.25) is 4.79 Å². The number of carbonyl (C=O) groups is 1. The highest BCUT2D eigenvalue weighted by Gasteiger charge is 2.28. The molecule has 1 saturated heterocycles. The first-order chi connectivity index (χ1) is 5.09. The van der Waals surface area contributed by atoms with Crippen LogP contribution in [0.1, 0.15) is 6.42 Å². The van der Waals surface area contributed by atoms with Gasteiger partial charge < -0.3 is 4.90 Å². The molecule has 0 saturated carbocycles. The van der Waals surface area contributed by atoms with Crippen LogP contribution < -0.4 is 0 Å². The molecule has 0 aromatic rings. The highest BCUT2D eigenvalue weighted by Crippen LogP contribution is 2.16. The number of nitrogens with zero attached hydrogens (tertiary/aromatic N) is 1. The maximum Gasteiger partial charge on any atom is 0.255 e. The number of hydrogen-bond donors (Lipinski definition) is 1. The van der Waals surface area contributed by atoms with E-state index >= 15 is 0 Å². The van der Waals surface area contributed by atoms with Gasteiger partial charge >= 0.3 is 0 Å². The molecule has 11 heavy (non-hydrogen) atoms. The summed E-state index contributed by atoms with van der Waals surface area (Å²) in [6.45, 7) is -0.0951. The van der Waals surface area contributed by atoms with E-state index in [9.17, 15) is 13.6 Å².